The highest BCUT2D eigenvalue weighted by molar-refractivity contribution is 6.34. The van der Waals surface area contributed by atoms with Crippen molar-refractivity contribution in [1.82, 2.24) is 4.98 Å². The first kappa shape index (κ1) is 15.5. The molecule has 1 heterocycles. The largest absolute Gasteiger partial charge is 0.424 e. The van der Waals surface area contributed by atoms with Gasteiger partial charge in [0.05, 0.1) is 0 Å². The lowest BCUT2D eigenvalue weighted by molar-refractivity contribution is -0.131. The molecule has 2 rings (SSSR count). The molecule has 0 aliphatic heterocycles. The first-order chi connectivity index (χ1) is 9.94. The lowest BCUT2D eigenvalue weighted by atomic mass is 10.2. The van der Waals surface area contributed by atoms with E-state index in [0.29, 0.717) is 21.5 Å². The Labute approximate surface area is 133 Å². The number of aromatic nitrogens is 1. The summed E-state index contributed by atoms with van der Waals surface area (Å²) in [5, 5.41) is 1.11. The van der Waals surface area contributed by atoms with Gasteiger partial charge in [0, 0.05) is 22.7 Å². The summed E-state index contributed by atoms with van der Waals surface area (Å²) in [5.74, 6) is 0.0265. The molecule has 0 fully saturated rings. The standard InChI is InChI=1S/C16H13Cl2NO2/c1-10-3-6-16(21-11(2)20)15(19-10)5-4-12-7-13(17)9-14(18)8-12/h3-9H,1-2H3. The number of hydrogen-bond donors (Lipinski definition) is 0. The van der Waals surface area contributed by atoms with Crippen molar-refractivity contribution < 1.29 is 9.53 Å². The van der Waals surface area contributed by atoms with E-state index in [-0.39, 0.29) is 5.97 Å². The van der Waals surface area contributed by atoms with Gasteiger partial charge < -0.3 is 4.74 Å². The topological polar surface area (TPSA) is 39.2 Å². The van der Waals surface area contributed by atoms with E-state index in [2.05, 4.69) is 4.98 Å². The van der Waals surface area contributed by atoms with Crippen molar-refractivity contribution in [2.45, 2.75) is 13.8 Å². The van der Waals surface area contributed by atoms with E-state index >= 15 is 0 Å². The van der Waals surface area contributed by atoms with Gasteiger partial charge in [0.15, 0.2) is 5.75 Å². The third-order valence-corrected chi connectivity index (χ3v) is 3.03. The summed E-state index contributed by atoms with van der Waals surface area (Å²) in [5.41, 5.74) is 2.24. The predicted molar refractivity (Wildman–Crippen MR) is 85.7 cm³/mol. The molecule has 0 aliphatic carbocycles. The number of rotatable bonds is 3. The minimum Gasteiger partial charge on any atom is -0.424 e. The van der Waals surface area contributed by atoms with Crippen molar-refractivity contribution in [3.05, 3.63) is 57.3 Å². The lowest BCUT2D eigenvalue weighted by Crippen LogP contribution is -2.04. The lowest BCUT2D eigenvalue weighted by Gasteiger charge is -2.05. The number of benzene rings is 1. The third kappa shape index (κ3) is 4.59. The Morgan fingerprint density at radius 3 is 2.43 bits per heavy atom. The SMILES string of the molecule is CC(=O)Oc1ccc(C)nc1C=Cc1cc(Cl)cc(Cl)c1. The highest BCUT2D eigenvalue weighted by Crippen LogP contribution is 2.23. The van der Waals surface area contributed by atoms with Gasteiger partial charge in [-0.1, -0.05) is 29.3 Å². The van der Waals surface area contributed by atoms with Gasteiger partial charge in [-0.3, -0.25) is 4.79 Å². The number of carbonyl (C=O) groups is 1. The number of aryl methyl sites for hydroxylation is 1. The van der Waals surface area contributed by atoms with Gasteiger partial charge in [0.2, 0.25) is 0 Å². The number of esters is 1. The average Bonchev–Trinajstić information content (AvgIpc) is 2.37. The highest BCUT2D eigenvalue weighted by Gasteiger charge is 2.05. The fourth-order valence-electron chi connectivity index (χ4n) is 1.77. The number of halogens is 2. The fraction of sp³-hybridized carbons (Fsp3) is 0.125. The van der Waals surface area contributed by atoms with Gasteiger partial charge in [-0.2, -0.15) is 0 Å². The maximum Gasteiger partial charge on any atom is 0.308 e. The Bertz CT molecular complexity index is 691. The van der Waals surface area contributed by atoms with Crippen LogP contribution in [0, 0.1) is 6.92 Å². The first-order valence-corrected chi connectivity index (χ1v) is 7.00. The van der Waals surface area contributed by atoms with E-state index in [4.69, 9.17) is 27.9 Å². The van der Waals surface area contributed by atoms with Gasteiger partial charge in [0.1, 0.15) is 5.69 Å². The number of hydrogen-bond acceptors (Lipinski definition) is 3. The Kier molecular flexibility index (Phi) is 4.99. The summed E-state index contributed by atoms with van der Waals surface area (Å²) in [6.45, 7) is 3.22. The minimum absolute atomic E-state index is 0.388. The molecule has 0 bridgehead atoms. The molecule has 0 radical (unpaired) electrons. The Morgan fingerprint density at radius 1 is 1.14 bits per heavy atom. The second kappa shape index (κ2) is 6.74. The average molecular weight is 322 g/mol. The van der Waals surface area contributed by atoms with Crippen LogP contribution in [0.5, 0.6) is 5.75 Å². The quantitative estimate of drug-likeness (QED) is 0.763. The van der Waals surface area contributed by atoms with Crippen LogP contribution in [0.1, 0.15) is 23.9 Å². The predicted octanol–water partition coefficient (Wildman–Crippen LogP) is 4.79. The van der Waals surface area contributed by atoms with Crippen LogP contribution in [0.3, 0.4) is 0 Å². The molecule has 0 saturated carbocycles. The Balaban J connectivity index is 2.35. The van der Waals surface area contributed by atoms with E-state index in [1.54, 1.807) is 36.4 Å². The number of nitrogens with zero attached hydrogens (tertiary/aromatic N) is 1. The molecule has 0 unspecified atom stereocenters. The zero-order chi connectivity index (χ0) is 15.4. The minimum atomic E-state index is -0.388. The molecule has 0 aliphatic rings. The van der Waals surface area contributed by atoms with Crippen LogP contribution in [-0.2, 0) is 4.79 Å². The molecule has 21 heavy (non-hydrogen) atoms. The van der Waals surface area contributed by atoms with Gasteiger partial charge in [-0.05, 0) is 48.9 Å². The normalized spacial score (nSPS) is 10.9. The van der Waals surface area contributed by atoms with Crippen LogP contribution in [-0.4, -0.2) is 11.0 Å². The molecule has 0 spiro atoms. The van der Waals surface area contributed by atoms with Crippen LogP contribution in [0.15, 0.2) is 30.3 Å². The summed E-state index contributed by atoms with van der Waals surface area (Å²) in [6.07, 6.45) is 3.57. The summed E-state index contributed by atoms with van der Waals surface area (Å²) >= 11 is 11.9. The molecule has 1 aromatic heterocycles. The smallest absolute Gasteiger partial charge is 0.308 e. The van der Waals surface area contributed by atoms with Crippen molar-refractivity contribution in [2.24, 2.45) is 0 Å². The molecule has 0 N–H and O–H groups in total. The molecule has 5 heteroatoms. The van der Waals surface area contributed by atoms with Gasteiger partial charge in [0.25, 0.3) is 0 Å². The first-order valence-electron chi connectivity index (χ1n) is 6.24. The summed E-state index contributed by atoms with van der Waals surface area (Å²) in [6, 6.07) is 8.73. The van der Waals surface area contributed by atoms with Crippen LogP contribution < -0.4 is 4.74 Å². The summed E-state index contributed by atoms with van der Waals surface area (Å²) in [7, 11) is 0. The van der Waals surface area contributed by atoms with E-state index < -0.39 is 0 Å². The van der Waals surface area contributed by atoms with Gasteiger partial charge in [-0.15, -0.1) is 0 Å². The summed E-state index contributed by atoms with van der Waals surface area (Å²) in [4.78, 5) is 15.5. The van der Waals surface area contributed by atoms with Crippen molar-refractivity contribution in [3.63, 3.8) is 0 Å². The molecular weight excluding hydrogens is 309 g/mol. The molecule has 0 amide bonds. The fourth-order valence-corrected chi connectivity index (χ4v) is 2.31. The monoisotopic (exact) mass is 321 g/mol. The maximum absolute atomic E-state index is 11.1. The van der Waals surface area contributed by atoms with Gasteiger partial charge in [-0.25, -0.2) is 4.98 Å². The van der Waals surface area contributed by atoms with Crippen LogP contribution in [0.4, 0.5) is 0 Å². The molecule has 0 atom stereocenters. The zero-order valence-corrected chi connectivity index (χ0v) is 13.1. The molecular formula is C16H13Cl2NO2. The highest BCUT2D eigenvalue weighted by atomic mass is 35.5. The molecule has 1 aromatic carbocycles. The number of carbonyl (C=O) groups excluding carboxylic acids is 1. The van der Waals surface area contributed by atoms with E-state index in [1.807, 2.05) is 13.0 Å². The number of pyridine rings is 1. The van der Waals surface area contributed by atoms with Crippen molar-refractivity contribution in [2.75, 3.05) is 0 Å². The molecule has 0 saturated heterocycles. The molecule has 108 valence electrons. The van der Waals surface area contributed by atoms with Crippen molar-refractivity contribution in [1.29, 1.82) is 0 Å². The Hall–Kier alpha value is -1.84. The maximum atomic E-state index is 11.1. The van der Waals surface area contributed by atoms with Crippen LogP contribution >= 0.6 is 23.2 Å². The van der Waals surface area contributed by atoms with Gasteiger partial charge >= 0.3 is 5.97 Å². The second-order valence-corrected chi connectivity index (χ2v) is 5.34. The molecule has 2 aromatic rings. The van der Waals surface area contributed by atoms with E-state index in [9.17, 15) is 4.79 Å². The van der Waals surface area contributed by atoms with Crippen molar-refractivity contribution in [3.8, 4) is 5.75 Å². The van der Waals surface area contributed by atoms with Crippen molar-refractivity contribution >= 4 is 41.3 Å². The number of ether oxygens (including phenoxy) is 1. The second-order valence-electron chi connectivity index (χ2n) is 4.47. The summed E-state index contributed by atoms with van der Waals surface area (Å²) < 4.78 is 5.13. The van der Waals surface area contributed by atoms with E-state index in [0.717, 1.165) is 11.3 Å². The molecule has 3 nitrogen and oxygen atoms in total. The Morgan fingerprint density at radius 2 is 1.81 bits per heavy atom. The van der Waals surface area contributed by atoms with Crippen LogP contribution in [0.25, 0.3) is 12.2 Å². The third-order valence-electron chi connectivity index (χ3n) is 2.60. The van der Waals surface area contributed by atoms with E-state index in [1.165, 1.54) is 6.92 Å². The zero-order valence-electron chi connectivity index (χ0n) is 11.6. The van der Waals surface area contributed by atoms with Crippen LogP contribution in [0.2, 0.25) is 10.0 Å².